The summed E-state index contributed by atoms with van der Waals surface area (Å²) in [6, 6.07) is 6.94. The number of halogens is 3. The van der Waals surface area contributed by atoms with E-state index in [0.29, 0.717) is 16.5 Å². The van der Waals surface area contributed by atoms with E-state index in [1.807, 2.05) is 0 Å². The van der Waals surface area contributed by atoms with Crippen LogP contribution < -0.4 is 10.6 Å². The molecule has 2 atom stereocenters. The fourth-order valence-electron chi connectivity index (χ4n) is 2.86. The molecule has 0 radical (unpaired) electrons. The summed E-state index contributed by atoms with van der Waals surface area (Å²) in [6.07, 6.45) is 0.224. The molecule has 1 saturated carbocycles. The van der Waals surface area contributed by atoms with Crippen LogP contribution in [0.15, 0.2) is 29.2 Å². The number of nitrogens with one attached hydrogen (secondary N) is 2. The number of alkyl halides is 3. The van der Waals surface area contributed by atoms with Gasteiger partial charge in [0.25, 0.3) is 0 Å². The van der Waals surface area contributed by atoms with Crippen LogP contribution in [0.25, 0.3) is 0 Å². The maximum absolute atomic E-state index is 12.4. The first-order valence-electron chi connectivity index (χ1n) is 8.17. The minimum absolute atomic E-state index is 0.0623. The molecule has 0 spiro atoms. The van der Waals surface area contributed by atoms with Crippen molar-refractivity contribution in [3.63, 3.8) is 0 Å². The van der Waals surface area contributed by atoms with Crippen molar-refractivity contribution in [2.75, 3.05) is 17.6 Å². The number of carbonyl (C=O) groups is 1. The average molecular weight is 360 g/mol. The number of hydrogen-bond acceptors (Lipinski definition) is 3. The van der Waals surface area contributed by atoms with E-state index < -0.39 is 11.9 Å². The van der Waals surface area contributed by atoms with Crippen molar-refractivity contribution < 1.29 is 18.0 Å². The number of carbonyl (C=O) groups excluding carboxylic acids is 1. The van der Waals surface area contributed by atoms with Gasteiger partial charge in [0.15, 0.2) is 0 Å². The first kappa shape index (κ1) is 19.0. The van der Waals surface area contributed by atoms with E-state index in [9.17, 15) is 18.0 Å². The molecule has 1 aliphatic carbocycles. The van der Waals surface area contributed by atoms with E-state index in [-0.39, 0.29) is 18.5 Å². The van der Waals surface area contributed by atoms with Crippen LogP contribution in [-0.2, 0) is 4.79 Å². The second-order valence-corrected chi connectivity index (χ2v) is 7.21. The Balaban J connectivity index is 1.86. The quantitative estimate of drug-likeness (QED) is 0.737. The van der Waals surface area contributed by atoms with Crippen LogP contribution in [0.2, 0.25) is 0 Å². The fourth-order valence-corrected chi connectivity index (χ4v) is 3.65. The highest BCUT2D eigenvalue weighted by Crippen LogP contribution is 2.32. The Bertz CT molecular complexity index is 551. The van der Waals surface area contributed by atoms with Crippen molar-refractivity contribution in [2.24, 2.45) is 5.92 Å². The third-order valence-corrected chi connectivity index (χ3v) is 5.31. The zero-order chi connectivity index (χ0) is 17.6. The van der Waals surface area contributed by atoms with Crippen LogP contribution >= 0.6 is 11.8 Å². The third kappa shape index (κ3) is 6.26. The van der Waals surface area contributed by atoms with Gasteiger partial charge in [-0.25, -0.2) is 0 Å². The van der Waals surface area contributed by atoms with Gasteiger partial charge in [-0.05, 0) is 30.9 Å². The van der Waals surface area contributed by atoms with Gasteiger partial charge in [-0.15, -0.1) is 11.8 Å². The van der Waals surface area contributed by atoms with Crippen LogP contribution in [0.1, 0.15) is 32.6 Å². The molecule has 0 aliphatic heterocycles. The van der Waals surface area contributed by atoms with E-state index >= 15 is 0 Å². The number of benzene rings is 1. The predicted molar refractivity (Wildman–Crippen MR) is 91.3 cm³/mol. The minimum Gasteiger partial charge on any atom is -0.375 e. The van der Waals surface area contributed by atoms with Gasteiger partial charge in [0.1, 0.15) is 0 Å². The zero-order valence-corrected chi connectivity index (χ0v) is 14.5. The van der Waals surface area contributed by atoms with Gasteiger partial charge in [-0.2, -0.15) is 13.2 Å². The Morgan fingerprint density at radius 3 is 2.67 bits per heavy atom. The summed E-state index contributed by atoms with van der Waals surface area (Å²) >= 11 is 0.723. The molecule has 0 aromatic heterocycles. The summed E-state index contributed by atoms with van der Waals surface area (Å²) in [5.74, 6) is -0.598. The second kappa shape index (κ2) is 8.65. The molecule has 7 heteroatoms. The lowest BCUT2D eigenvalue weighted by atomic mass is 9.86. The number of para-hydroxylation sites is 1. The summed E-state index contributed by atoms with van der Waals surface area (Å²) < 4.78 is 37.1. The van der Waals surface area contributed by atoms with Crippen LogP contribution in [0.4, 0.5) is 18.9 Å². The summed E-state index contributed by atoms with van der Waals surface area (Å²) in [7, 11) is 0. The molecule has 24 heavy (non-hydrogen) atoms. The van der Waals surface area contributed by atoms with Crippen LogP contribution in [-0.4, -0.2) is 30.4 Å². The van der Waals surface area contributed by atoms with Crippen LogP contribution in [0.5, 0.6) is 0 Å². The van der Waals surface area contributed by atoms with Gasteiger partial charge >= 0.3 is 6.18 Å². The molecule has 134 valence electrons. The van der Waals surface area contributed by atoms with Gasteiger partial charge in [0.2, 0.25) is 5.91 Å². The maximum Gasteiger partial charge on any atom is 0.398 e. The molecule has 1 aliphatic rings. The SMILES string of the molecule is CC1CCCCC1NC(=O)CNc1ccccc1SCC(F)(F)F. The molecule has 1 fully saturated rings. The zero-order valence-electron chi connectivity index (χ0n) is 13.7. The predicted octanol–water partition coefficient (Wildman–Crippen LogP) is 4.45. The lowest BCUT2D eigenvalue weighted by Gasteiger charge is -2.29. The standard InChI is InChI=1S/C17H23F3N2OS/c1-12-6-2-3-7-13(12)22-16(23)10-21-14-8-4-5-9-15(14)24-11-17(18,19)20/h4-5,8-9,12-13,21H,2-3,6-7,10-11H2,1H3,(H,22,23). The summed E-state index contributed by atoms with van der Waals surface area (Å²) in [4.78, 5) is 12.6. The Morgan fingerprint density at radius 1 is 1.25 bits per heavy atom. The first-order valence-corrected chi connectivity index (χ1v) is 9.15. The molecular formula is C17H23F3N2OS. The van der Waals surface area contributed by atoms with Crippen molar-refractivity contribution in [3.05, 3.63) is 24.3 Å². The number of hydrogen-bond donors (Lipinski definition) is 2. The topological polar surface area (TPSA) is 41.1 Å². The monoisotopic (exact) mass is 360 g/mol. The van der Waals surface area contributed by atoms with Gasteiger partial charge in [-0.3, -0.25) is 4.79 Å². The van der Waals surface area contributed by atoms with E-state index in [0.717, 1.165) is 31.0 Å². The Hall–Kier alpha value is -1.37. The van der Waals surface area contributed by atoms with Crippen molar-refractivity contribution >= 4 is 23.4 Å². The molecule has 0 saturated heterocycles. The molecule has 1 aromatic carbocycles. The van der Waals surface area contributed by atoms with Crippen molar-refractivity contribution in [2.45, 2.75) is 49.7 Å². The number of thioether (sulfide) groups is 1. The highest BCUT2D eigenvalue weighted by molar-refractivity contribution is 7.99. The molecule has 3 nitrogen and oxygen atoms in total. The number of amides is 1. The largest absolute Gasteiger partial charge is 0.398 e. The van der Waals surface area contributed by atoms with E-state index in [4.69, 9.17) is 0 Å². The van der Waals surface area contributed by atoms with E-state index in [2.05, 4.69) is 17.6 Å². The maximum atomic E-state index is 12.4. The lowest BCUT2D eigenvalue weighted by Crippen LogP contribution is -2.43. The van der Waals surface area contributed by atoms with Gasteiger partial charge < -0.3 is 10.6 Å². The Labute approximate surface area is 144 Å². The number of rotatable bonds is 6. The minimum atomic E-state index is -4.22. The van der Waals surface area contributed by atoms with E-state index in [1.165, 1.54) is 6.42 Å². The molecule has 2 unspecified atom stereocenters. The van der Waals surface area contributed by atoms with Crippen molar-refractivity contribution in [1.82, 2.24) is 5.32 Å². The van der Waals surface area contributed by atoms with Gasteiger partial charge in [0, 0.05) is 16.6 Å². The second-order valence-electron chi connectivity index (χ2n) is 6.19. The van der Waals surface area contributed by atoms with Gasteiger partial charge in [0.05, 0.1) is 12.3 Å². The molecule has 0 bridgehead atoms. The molecule has 1 amide bonds. The van der Waals surface area contributed by atoms with Gasteiger partial charge in [-0.1, -0.05) is 31.9 Å². The molecule has 2 rings (SSSR count). The van der Waals surface area contributed by atoms with E-state index in [1.54, 1.807) is 24.3 Å². The summed E-state index contributed by atoms with van der Waals surface area (Å²) in [5, 5.41) is 5.98. The summed E-state index contributed by atoms with van der Waals surface area (Å²) in [5.41, 5.74) is 0.554. The van der Waals surface area contributed by atoms with Crippen LogP contribution in [0, 0.1) is 5.92 Å². The normalized spacial score (nSPS) is 21.3. The molecular weight excluding hydrogens is 337 g/mol. The first-order chi connectivity index (χ1) is 11.3. The number of anilines is 1. The summed E-state index contributed by atoms with van der Waals surface area (Å²) in [6.45, 7) is 2.20. The third-order valence-electron chi connectivity index (χ3n) is 4.18. The van der Waals surface area contributed by atoms with Crippen molar-refractivity contribution in [1.29, 1.82) is 0 Å². The fraction of sp³-hybridized carbons (Fsp3) is 0.588. The molecule has 1 aromatic rings. The highest BCUT2D eigenvalue weighted by atomic mass is 32.2. The average Bonchev–Trinajstić information content (AvgIpc) is 2.53. The smallest absolute Gasteiger partial charge is 0.375 e. The molecule has 0 heterocycles. The van der Waals surface area contributed by atoms with Crippen LogP contribution in [0.3, 0.4) is 0 Å². The van der Waals surface area contributed by atoms with Crippen molar-refractivity contribution in [3.8, 4) is 0 Å². The Morgan fingerprint density at radius 2 is 1.96 bits per heavy atom. The lowest BCUT2D eigenvalue weighted by molar-refractivity contribution is -0.120. The highest BCUT2D eigenvalue weighted by Gasteiger charge is 2.27. The Kier molecular flexibility index (Phi) is 6.83. The molecule has 2 N–H and O–H groups in total.